The summed E-state index contributed by atoms with van der Waals surface area (Å²) in [4.78, 5) is 10.4. The van der Waals surface area contributed by atoms with Gasteiger partial charge < -0.3 is 15.3 Å². The Balaban J connectivity index is 2.08. The summed E-state index contributed by atoms with van der Waals surface area (Å²) in [5, 5.41) is 19.9. The Kier molecular flexibility index (Phi) is 4.70. The van der Waals surface area contributed by atoms with Crippen LogP contribution in [0.15, 0.2) is 42.5 Å². The summed E-state index contributed by atoms with van der Waals surface area (Å²) in [5.74, 6) is 5.85. The normalized spacial score (nSPS) is 10.2. The lowest BCUT2D eigenvalue weighted by atomic mass is 10.2. The number of anilines is 1. The second-order valence-corrected chi connectivity index (χ2v) is 4.34. The molecular weight excluding hydrogens is 274 g/mol. The molecule has 0 saturated carbocycles. The standard InChI is InChI=1S/C14H15N3O4/c15-16-13-6-3-11(7-14(13)17(19)20)9-21-12-4-1-10(8-18)2-5-12/h1-7,16,18H,8-9,15H2. The average Bonchev–Trinajstić information content (AvgIpc) is 2.53. The topological polar surface area (TPSA) is 111 Å². The van der Waals surface area contributed by atoms with Gasteiger partial charge in [-0.25, -0.2) is 0 Å². The van der Waals surface area contributed by atoms with Gasteiger partial charge in [-0.05, 0) is 29.3 Å². The van der Waals surface area contributed by atoms with Crippen LogP contribution < -0.4 is 16.0 Å². The van der Waals surface area contributed by atoms with E-state index in [9.17, 15) is 10.1 Å². The van der Waals surface area contributed by atoms with E-state index in [1.165, 1.54) is 12.1 Å². The molecule has 0 saturated heterocycles. The van der Waals surface area contributed by atoms with Gasteiger partial charge in [-0.1, -0.05) is 18.2 Å². The Morgan fingerprint density at radius 1 is 1.19 bits per heavy atom. The van der Waals surface area contributed by atoms with Gasteiger partial charge in [-0.15, -0.1) is 0 Å². The molecule has 0 spiro atoms. The van der Waals surface area contributed by atoms with E-state index in [0.717, 1.165) is 5.56 Å². The number of nitrogen functional groups attached to an aromatic ring is 1. The number of aliphatic hydroxyl groups is 1. The van der Waals surface area contributed by atoms with Crippen LogP contribution in [-0.2, 0) is 13.2 Å². The number of nitrogens with one attached hydrogen (secondary N) is 1. The van der Waals surface area contributed by atoms with Gasteiger partial charge in [0.05, 0.1) is 11.5 Å². The van der Waals surface area contributed by atoms with Gasteiger partial charge in [0.15, 0.2) is 0 Å². The predicted octanol–water partition coefficient (Wildman–Crippen LogP) is 1.95. The quantitative estimate of drug-likeness (QED) is 0.426. The summed E-state index contributed by atoms with van der Waals surface area (Å²) in [7, 11) is 0. The summed E-state index contributed by atoms with van der Waals surface area (Å²) in [5.41, 5.74) is 3.88. The highest BCUT2D eigenvalue weighted by Gasteiger charge is 2.13. The molecule has 0 fully saturated rings. The molecule has 0 radical (unpaired) electrons. The molecule has 0 amide bonds. The monoisotopic (exact) mass is 289 g/mol. The van der Waals surface area contributed by atoms with Crippen LogP contribution in [0.4, 0.5) is 11.4 Å². The SMILES string of the molecule is NNc1ccc(COc2ccc(CO)cc2)cc1[N+](=O)[O-]. The number of benzene rings is 2. The Labute approximate surface area is 121 Å². The lowest BCUT2D eigenvalue weighted by Gasteiger charge is -2.08. The van der Waals surface area contributed by atoms with E-state index in [2.05, 4.69) is 5.43 Å². The molecule has 21 heavy (non-hydrogen) atoms. The number of hydrogen-bond acceptors (Lipinski definition) is 6. The highest BCUT2D eigenvalue weighted by Crippen LogP contribution is 2.25. The summed E-state index contributed by atoms with van der Waals surface area (Å²) < 4.78 is 5.54. The highest BCUT2D eigenvalue weighted by atomic mass is 16.6. The van der Waals surface area contributed by atoms with E-state index in [0.29, 0.717) is 11.3 Å². The third kappa shape index (κ3) is 3.68. The van der Waals surface area contributed by atoms with Gasteiger partial charge in [0.2, 0.25) is 0 Å². The zero-order valence-corrected chi connectivity index (χ0v) is 11.2. The summed E-state index contributed by atoms with van der Waals surface area (Å²) >= 11 is 0. The van der Waals surface area contributed by atoms with Crippen molar-refractivity contribution in [3.05, 3.63) is 63.7 Å². The highest BCUT2D eigenvalue weighted by molar-refractivity contribution is 5.61. The van der Waals surface area contributed by atoms with E-state index in [4.69, 9.17) is 15.7 Å². The van der Waals surface area contributed by atoms with Crippen molar-refractivity contribution in [2.75, 3.05) is 5.43 Å². The minimum Gasteiger partial charge on any atom is -0.489 e. The van der Waals surface area contributed by atoms with Crippen LogP contribution in [0.2, 0.25) is 0 Å². The van der Waals surface area contributed by atoms with Gasteiger partial charge in [0.25, 0.3) is 5.69 Å². The fourth-order valence-corrected chi connectivity index (χ4v) is 1.80. The van der Waals surface area contributed by atoms with Gasteiger partial charge in [-0.3, -0.25) is 16.0 Å². The zero-order valence-electron chi connectivity index (χ0n) is 11.2. The Bertz CT molecular complexity index is 629. The fourth-order valence-electron chi connectivity index (χ4n) is 1.80. The Morgan fingerprint density at radius 2 is 1.86 bits per heavy atom. The molecule has 4 N–H and O–H groups in total. The van der Waals surface area contributed by atoms with Crippen molar-refractivity contribution in [2.45, 2.75) is 13.2 Å². The van der Waals surface area contributed by atoms with E-state index in [1.807, 2.05) is 0 Å². The number of hydrazine groups is 1. The number of aliphatic hydroxyl groups excluding tert-OH is 1. The first kappa shape index (κ1) is 14.8. The van der Waals surface area contributed by atoms with Gasteiger partial charge in [0.1, 0.15) is 18.0 Å². The molecule has 0 heterocycles. The molecule has 2 aromatic carbocycles. The second-order valence-electron chi connectivity index (χ2n) is 4.34. The number of nitro groups is 1. The van der Waals surface area contributed by atoms with Crippen LogP contribution in [-0.4, -0.2) is 10.0 Å². The third-order valence-electron chi connectivity index (χ3n) is 2.93. The summed E-state index contributed by atoms with van der Waals surface area (Å²) in [6.07, 6.45) is 0. The van der Waals surface area contributed by atoms with Crippen LogP contribution in [0.5, 0.6) is 5.75 Å². The van der Waals surface area contributed by atoms with Crippen LogP contribution >= 0.6 is 0 Å². The molecule has 0 aromatic heterocycles. The molecule has 0 aliphatic rings. The zero-order chi connectivity index (χ0) is 15.2. The van der Waals surface area contributed by atoms with Crippen molar-refractivity contribution >= 4 is 11.4 Å². The first-order valence-corrected chi connectivity index (χ1v) is 6.20. The van der Waals surface area contributed by atoms with E-state index < -0.39 is 4.92 Å². The largest absolute Gasteiger partial charge is 0.489 e. The molecule has 0 aliphatic carbocycles. The smallest absolute Gasteiger partial charge is 0.294 e. The molecule has 0 unspecified atom stereocenters. The van der Waals surface area contributed by atoms with E-state index >= 15 is 0 Å². The Hall–Kier alpha value is -2.64. The van der Waals surface area contributed by atoms with Crippen molar-refractivity contribution in [3.63, 3.8) is 0 Å². The van der Waals surface area contributed by atoms with E-state index in [-0.39, 0.29) is 24.6 Å². The second kappa shape index (κ2) is 6.69. The van der Waals surface area contributed by atoms with Crippen molar-refractivity contribution in [1.29, 1.82) is 0 Å². The minimum absolute atomic E-state index is 0.0278. The maximum atomic E-state index is 10.9. The van der Waals surface area contributed by atoms with Gasteiger partial charge >= 0.3 is 0 Å². The fraction of sp³-hybridized carbons (Fsp3) is 0.143. The molecular formula is C14H15N3O4. The number of hydrogen-bond donors (Lipinski definition) is 3. The molecule has 2 rings (SSSR count). The average molecular weight is 289 g/mol. The molecule has 2 aromatic rings. The lowest BCUT2D eigenvalue weighted by Crippen LogP contribution is -2.09. The van der Waals surface area contributed by atoms with Crippen molar-refractivity contribution in [2.24, 2.45) is 5.84 Å². The molecule has 0 bridgehead atoms. The van der Waals surface area contributed by atoms with Crippen LogP contribution in [0.1, 0.15) is 11.1 Å². The van der Waals surface area contributed by atoms with Crippen molar-refractivity contribution < 1.29 is 14.8 Å². The number of nitrogens with two attached hydrogens (primary N) is 1. The molecule has 110 valence electrons. The maximum Gasteiger partial charge on any atom is 0.294 e. The number of ether oxygens (including phenoxy) is 1. The maximum absolute atomic E-state index is 10.9. The van der Waals surface area contributed by atoms with Crippen LogP contribution in [0.3, 0.4) is 0 Å². The van der Waals surface area contributed by atoms with Crippen LogP contribution in [0.25, 0.3) is 0 Å². The molecule has 7 nitrogen and oxygen atoms in total. The third-order valence-corrected chi connectivity index (χ3v) is 2.93. The van der Waals surface area contributed by atoms with Gasteiger partial charge in [0, 0.05) is 6.07 Å². The minimum atomic E-state index is -0.505. The summed E-state index contributed by atoms with van der Waals surface area (Å²) in [6.45, 7) is 0.171. The predicted molar refractivity (Wildman–Crippen MR) is 77.6 cm³/mol. The first-order chi connectivity index (χ1) is 10.1. The molecule has 7 heteroatoms. The number of nitro benzene ring substituents is 1. The number of rotatable bonds is 6. The first-order valence-electron chi connectivity index (χ1n) is 6.20. The lowest BCUT2D eigenvalue weighted by molar-refractivity contribution is -0.384. The van der Waals surface area contributed by atoms with Crippen LogP contribution in [0, 0.1) is 10.1 Å². The molecule has 0 atom stereocenters. The number of nitrogens with zero attached hydrogens (tertiary/aromatic N) is 1. The molecule has 0 aliphatic heterocycles. The van der Waals surface area contributed by atoms with Crippen molar-refractivity contribution in [3.8, 4) is 5.75 Å². The van der Waals surface area contributed by atoms with E-state index in [1.54, 1.807) is 30.3 Å². The van der Waals surface area contributed by atoms with Crippen molar-refractivity contribution in [1.82, 2.24) is 0 Å². The Morgan fingerprint density at radius 3 is 2.43 bits per heavy atom. The summed E-state index contributed by atoms with van der Waals surface area (Å²) in [6, 6.07) is 11.6. The van der Waals surface area contributed by atoms with Gasteiger partial charge in [-0.2, -0.15) is 0 Å².